The van der Waals surface area contributed by atoms with Crippen LogP contribution in [-0.2, 0) is 11.3 Å². The highest BCUT2D eigenvalue weighted by molar-refractivity contribution is 14.0. The van der Waals surface area contributed by atoms with Gasteiger partial charge in [0.2, 0.25) is 0 Å². The molecule has 5 nitrogen and oxygen atoms in total. The normalized spacial score (nSPS) is 16.4. The van der Waals surface area contributed by atoms with E-state index in [0.29, 0.717) is 0 Å². The van der Waals surface area contributed by atoms with Crippen molar-refractivity contribution in [2.75, 3.05) is 39.9 Å². The SMILES string of the molecule is CN=C(NCc1cccc(C)c1)NCC(C)(C)N1CCOCC1.I. The summed E-state index contributed by atoms with van der Waals surface area (Å²) in [4.78, 5) is 6.79. The van der Waals surface area contributed by atoms with Crippen LogP contribution in [0.25, 0.3) is 0 Å². The Labute approximate surface area is 163 Å². The predicted molar refractivity (Wildman–Crippen MR) is 111 cm³/mol. The Kier molecular flexibility index (Phi) is 9.01. The summed E-state index contributed by atoms with van der Waals surface area (Å²) < 4.78 is 5.44. The van der Waals surface area contributed by atoms with E-state index in [1.807, 2.05) is 7.05 Å². The number of morpholine rings is 1. The van der Waals surface area contributed by atoms with E-state index in [4.69, 9.17) is 4.74 Å². The number of hydrogen-bond acceptors (Lipinski definition) is 3. The number of aliphatic imine (C=N–C) groups is 1. The lowest BCUT2D eigenvalue weighted by Gasteiger charge is -2.41. The van der Waals surface area contributed by atoms with Gasteiger partial charge in [-0.05, 0) is 26.3 Å². The monoisotopic (exact) mass is 446 g/mol. The molecule has 1 heterocycles. The van der Waals surface area contributed by atoms with Crippen molar-refractivity contribution in [1.82, 2.24) is 15.5 Å². The van der Waals surface area contributed by atoms with Gasteiger partial charge in [-0.2, -0.15) is 0 Å². The molecule has 1 fully saturated rings. The van der Waals surface area contributed by atoms with Crippen molar-refractivity contribution in [2.45, 2.75) is 32.9 Å². The molecule has 0 atom stereocenters. The molecule has 0 amide bonds. The van der Waals surface area contributed by atoms with Crippen LogP contribution in [0.2, 0.25) is 0 Å². The molecule has 0 aliphatic carbocycles. The highest BCUT2D eigenvalue weighted by Gasteiger charge is 2.28. The Hall–Kier alpha value is -0.860. The molecule has 1 aromatic rings. The molecule has 0 radical (unpaired) electrons. The molecule has 1 aliphatic rings. The van der Waals surface area contributed by atoms with Crippen LogP contribution in [0.3, 0.4) is 0 Å². The number of guanidine groups is 1. The molecular formula is C18H31IN4O. The summed E-state index contributed by atoms with van der Waals surface area (Å²) in [6.45, 7) is 11.9. The highest BCUT2D eigenvalue weighted by Crippen LogP contribution is 2.15. The van der Waals surface area contributed by atoms with Crippen LogP contribution in [0.15, 0.2) is 29.3 Å². The summed E-state index contributed by atoms with van der Waals surface area (Å²) >= 11 is 0. The van der Waals surface area contributed by atoms with Gasteiger partial charge in [0.05, 0.1) is 13.2 Å². The number of nitrogens with one attached hydrogen (secondary N) is 2. The summed E-state index contributed by atoms with van der Waals surface area (Å²) in [6.07, 6.45) is 0. The van der Waals surface area contributed by atoms with E-state index in [0.717, 1.165) is 45.4 Å². The second kappa shape index (κ2) is 10.2. The van der Waals surface area contributed by atoms with E-state index in [1.54, 1.807) is 0 Å². The maximum atomic E-state index is 5.44. The molecule has 2 N–H and O–H groups in total. The van der Waals surface area contributed by atoms with Crippen LogP contribution >= 0.6 is 24.0 Å². The van der Waals surface area contributed by atoms with Crippen LogP contribution < -0.4 is 10.6 Å². The van der Waals surface area contributed by atoms with Crippen LogP contribution in [-0.4, -0.2) is 56.3 Å². The Morgan fingerprint density at radius 2 is 1.96 bits per heavy atom. The third-order valence-corrected chi connectivity index (χ3v) is 4.32. The molecule has 0 bridgehead atoms. The van der Waals surface area contributed by atoms with Crippen molar-refractivity contribution in [3.8, 4) is 0 Å². The van der Waals surface area contributed by atoms with E-state index in [-0.39, 0.29) is 29.5 Å². The van der Waals surface area contributed by atoms with Crippen LogP contribution in [0.1, 0.15) is 25.0 Å². The molecule has 136 valence electrons. The first kappa shape index (κ1) is 21.2. The van der Waals surface area contributed by atoms with Crippen LogP contribution in [0.5, 0.6) is 0 Å². The lowest BCUT2D eigenvalue weighted by atomic mass is 10.0. The summed E-state index contributed by atoms with van der Waals surface area (Å²) in [5.41, 5.74) is 2.62. The summed E-state index contributed by atoms with van der Waals surface area (Å²) in [5, 5.41) is 6.83. The zero-order chi connectivity index (χ0) is 16.7. The molecular weight excluding hydrogens is 415 g/mol. The minimum Gasteiger partial charge on any atom is -0.379 e. The first-order valence-electron chi connectivity index (χ1n) is 8.34. The Bertz CT molecular complexity index is 528. The topological polar surface area (TPSA) is 48.9 Å². The molecule has 0 aromatic heterocycles. The van der Waals surface area contributed by atoms with Crippen molar-refractivity contribution in [3.63, 3.8) is 0 Å². The third-order valence-electron chi connectivity index (χ3n) is 4.32. The van der Waals surface area contributed by atoms with Gasteiger partial charge in [0, 0.05) is 38.8 Å². The minimum atomic E-state index is 0. The van der Waals surface area contributed by atoms with Crippen LogP contribution in [0.4, 0.5) is 0 Å². The average Bonchev–Trinajstić information content (AvgIpc) is 2.56. The second-order valence-corrected chi connectivity index (χ2v) is 6.68. The summed E-state index contributed by atoms with van der Waals surface area (Å²) in [5.74, 6) is 0.841. The second-order valence-electron chi connectivity index (χ2n) is 6.68. The fraction of sp³-hybridized carbons (Fsp3) is 0.611. The number of benzene rings is 1. The van der Waals surface area contributed by atoms with Gasteiger partial charge in [-0.25, -0.2) is 0 Å². The van der Waals surface area contributed by atoms with Gasteiger partial charge >= 0.3 is 0 Å². The van der Waals surface area contributed by atoms with Crippen LogP contribution in [0, 0.1) is 6.92 Å². The van der Waals surface area contributed by atoms with Gasteiger partial charge in [0.1, 0.15) is 0 Å². The van der Waals surface area contributed by atoms with E-state index >= 15 is 0 Å². The quantitative estimate of drug-likeness (QED) is 0.415. The van der Waals surface area contributed by atoms with E-state index in [2.05, 4.69) is 65.6 Å². The number of aryl methyl sites for hydroxylation is 1. The average molecular weight is 446 g/mol. The van der Waals surface area contributed by atoms with Gasteiger partial charge in [-0.15, -0.1) is 24.0 Å². The molecule has 2 rings (SSSR count). The summed E-state index contributed by atoms with van der Waals surface area (Å²) in [7, 11) is 1.81. The fourth-order valence-corrected chi connectivity index (χ4v) is 2.81. The molecule has 1 saturated heterocycles. The van der Waals surface area contributed by atoms with Crippen molar-refractivity contribution in [1.29, 1.82) is 0 Å². The lowest BCUT2D eigenvalue weighted by molar-refractivity contribution is -0.00834. The van der Waals surface area contributed by atoms with E-state index in [9.17, 15) is 0 Å². The molecule has 0 spiro atoms. The van der Waals surface area contributed by atoms with Gasteiger partial charge in [-0.3, -0.25) is 9.89 Å². The number of hydrogen-bond donors (Lipinski definition) is 2. The maximum Gasteiger partial charge on any atom is 0.191 e. The van der Waals surface area contributed by atoms with Crippen molar-refractivity contribution in [2.24, 2.45) is 4.99 Å². The predicted octanol–water partition coefficient (Wildman–Crippen LogP) is 2.39. The first-order chi connectivity index (χ1) is 11.0. The Balaban J connectivity index is 0.00000288. The highest BCUT2D eigenvalue weighted by atomic mass is 127. The van der Waals surface area contributed by atoms with Gasteiger partial charge in [0.15, 0.2) is 5.96 Å². The lowest BCUT2D eigenvalue weighted by Crippen LogP contribution is -2.56. The number of ether oxygens (including phenoxy) is 1. The van der Waals surface area contributed by atoms with Gasteiger partial charge < -0.3 is 15.4 Å². The van der Waals surface area contributed by atoms with Gasteiger partial charge in [0.25, 0.3) is 0 Å². The van der Waals surface area contributed by atoms with Crippen molar-refractivity contribution < 1.29 is 4.74 Å². The minimum absolute atomic E-state index is 0. The first-order valence-corrected chi connectivity index (χ1v) is 8.34. The van der Waals surface area contributed by atoms with E-state index < -0.39 is 0 Å². The molecule has 0 unspecified atom stereocenters. The van der Waals surface area contributed by atoms with Crippen molar-refractivity contribution >= 4 is 29.9 Å². The Morgan fingerprint density at radius 1 is 1.25 bits per heavy atom. The number of halogens is 1. The zero-order valence-corrected chi connectivity index (χ0v) is 17.6. The molecule has 6 heteroatoms. The van der Waals surface area contributed by atoms with E-state index in [1.165, 1.54) is 11.1 Å². The number of rotatable bonds is 5. The molecule has 24 heavy (non-hydrogen) atoms. The summed E-state index contributed by atoms with van der Waals surface area (Å²) in [6, 6.07) is 8.52. The number of nitrogens with zero attached hydrogens (tertiary/aromatic N) is 2. The fourth-order valence-electron chi connectivity index (χ4n) is 2.81. The molecule has 1 aliphatic heterocycles. The molecule has 1 aromatic carbocycles. The largest absolute Gasteiger partial charge is 0.379 e. The Morgan fingerprint density at radius 3 is 2.58 bits per heavy atom. The van der Waals surface area contributed by atoms with Gasteiger partial charge in [-0.1, -0.05) is 29.8 Å². The smallest absolute Gasteiger partial charge is 0.191 e. The zero-order valence-electron chi connectivity index (χ0n) is 15.3. The third kappa shape index (κ3) is 6.57. The molecule has 0 saturated carbocycles. The standard InChI is InChI=1S/C18H30N4O.HI/c1-15-6-5-7-16(12-15)13-20-17(19-4)21-14-18(2,3)22-8-10-23-11-9-22;/h5-7,12H,8-11,13-14H2,1-4H3,(H2,19,20,21);1H. The van der Waals surface area contributed by atoms with Crippen molar-refractivity contribution in [3.05, 3.63) is 35.4 Å². The maximum absolute atomic E-state index is 5.44.